The van der Waals surface area contributed by atoms with E-state index in [2.05, 4.69) is 20.2 Å². The molecule has 0 aromatic carbocycles. The molecule has 1 saturated heterocycles. The molecule has 0 spiro atoms. The number of aliphatic hydroxyl groups excluding tert-OH is 1. The van der Waals surface area contributed by atoms with Crippen molar-refractivity contribution in [3.05, 3.63) is 48.3 Å². The molecule has 1 amide bonds. The smallest absolute Gasteiger partial charge is 0.225 e. The Morgan fingerprint density at radius 3 is 2.62 bits per heavy atom. The molecule has 5 rings (SSSR count). The van der Waals surface area contributed by atoms with Crippen LogP contribution >= 0.6 is 11.3 Å². The summed E-state index contributed by atoms with van der Waals surface area (Å²) in [6, 6.07) is 9.85. The van der Waals surface area contributed by atoms with Gasteiger partial charge in [-0.3, -0.25) is 4.79 Å². The standard InChI is InChI=1S/C25H30N6O2S/c1-17-9-10-26-23(15-17)29-22-4-2-3-20(28-22)21-16-27-25(34-21)31-13-11-30(12-14-31)24(33)18-5-7-19(32)8-6-18/h2-4,9-10,15-16,18-19,32H,5-8,11-14H2,1H3,(H,26,28,29). The third-order valence-electron chi connectivity index (χ3n) is 6.57. The van der Waals surface area contributed by atoms with Gasteiger partial charge in [-0.1, -0.05) is 17.4 Å². The number of nitrogens with zero attached hydrogens (tertiary/aromatic N) is 5. The van der Waals surface area contributed by atoms with Gasteiger partial charge in [-0.25, -0.2) is 15.0 Å². The zero-order chi connectivity index (χ0) is 23.5. The number of amides is 1. The highest BCUT2D eigenvalue weighted by atomic mass is 32.1. The van der Waals surface area contributed by atoms with Gasteiger partial charge in [0.15, 0.2) is 5.13 Å². The van der Waals surface area contributed by atoms with Gasteiger partial charge in [-0.05, 0) is 62.4 Å². The van der Waals surface area contributed by atoms with Gasteiger partial charge in [-0.2, -0.15) is 0 Å². The quantitative estimate of drug-likeness (QED) is 0.575. The number of hydrogen-bond donors (Lipinski definition) is 2. The van der Waals surface area contributed by atoms with Crippen molar-refractivity contribution in [2.24, 2.45) is 5.92 Å². The topological polar surface area (TPSA) is 94.5 Å². The zero-order valence-electron chi connectivity index (χ0n) is 19.4. The molecule has 3 aromatic rings. The van der Waals surface area contributed by atoms with Crippen molar-refractivity contribution in [1.29, 1.82) is 0 Å². The number of carbonyl (C=O) groups excluding carboxylic acids is 1. The first-order valence-corrected chi connectivity index (χ1v) is 12.7. The lowest BCUT2D eigenvalue weighted by molar-refractivity contribution is -0.137. The Balaban J connectivity index is 1.20. The second-order valence-corrected chi connectivity index (χ2v) is 10.1. The number of aliphatic hydroxyl groups is 1. The normalized spacial score (nSPS) is 20.9. The minimum absolute atomic E-state index is 0.0726. The van der Waals surface area contributed by atoms with Gasteiger partial charge in [0.1, 0.15) is 11.6 Å². The monoisotopic (exact) mass is 478 g/mol. The molecule has 2 aliphatic rings. The Kier molecular flexibility index (Phi) is 6.73. The highest BCUT2D eigenvalue weighted by Crippen LogP contribution is 2.32. The van der Waals surface area contributed by atoms with Gasteiger partial charge in [0.25, 0.3) is 0 Å². The third kappa shape index (κ3) is 5.20. The summed E-state index contributed by atoms with van der Waals surface area (Å²) in [5.41, 5.74) is 2.01. The van der Waals surface area contributed by atoms with Crippen LogP contribution in [0.3, 0.4) is 0 Å². The van der Waals surface area contributed by atoms with Crippen LogP contribution in [-0.4, -0.2) is 63.1 Å². The van der Waals surface area contributed by atoms with E-state index in [0.717, 1.165) is 71.7 Å². The number of piperazine rings is 1. The van der Waals surface area contributed by atoms with Crippen molar-refractivity contribution in [2.45, 2.75) is 38.7 Å². The number of carbonyl (C=O) groups is 1. The molecule has 1 saturated carbocycles. The van der Waals surface area contributed by atoms with E-state index in [4.69, 9.17) is 4.98 Å². The summed E-state index contributed by atoms with van der Waals surface area (Å²) in [7, 11) is 0. The van der Waals surface area contributed by atoms with Crippen LogP contribution in [0.2, 0.25) is 0 Å². The van der Waals surface area contributed by atoms with Crippen molar-refractivity contribution >= 4 is 34.0 Å². The number of pyridine rings is 2. The van der Waals surface area contributed by atoms with Crippen LogP contribution in [0.5, 0.6) is 0 Å². The molecular formula is C25H30N6O2S. The van der Waals surface area contributed by atoms with E-state index in [1.807, 2.05) is 48.4 Å². The summed E-state index contributed by atoms with van der Waals surface area (Å²) in [5.74, 6) is 1.84. The number of hydrogen-bond acceptors (Lipinski definition) is 8. The summed E-state index contributed by atoms with van der Waals surface area (Å²) in [6.45, 7) is 5.03. The van der Waals surface area contributed by atoms with Crippen LogP contribution in [0, 0.1) is 12.8 Å². The first-order chi connectivity index (χ1) is 16.5. The highest BCUT2D eigenvalue weighted by Gasteiger charge is 2.31. The van der Waals surface area contributed by atoms with E-state index >= 15 is 0 Å². The maximum Gasteiger partial charge on any atom is 0.225 e. The fourth-order valence-electron chi connectivity index (χ4n) is 4.61. The van der Waals surface area contributed by atoms with Crippen molar-refractivity contribution in [3.8, 4) is 10.6 Å². The molecule has 1 aliphatic heterocycles. The summed E-state index contributed by atoms with van der Waals surface area (Å²) in [6.07, 6.45) is 6.51. The van der Waals surface area contributed by atoms with Crippen molar-refractivity contribution in [2.75, 3.05) is 36.4 Å². The average molecular weight is 479 g/mol. The summed E-state index contributed by atoms with van der Waals surface area (Å²) >= 11 is 1.63. The maximum absolute atomic E-state index is 12.9. The Labute approximate surface area is 203 Å². The number of anilines is 3. The lowest BCUT2D eigenvalue weighted by Crippen LogP contribution is -2.50. The fourth-order valence-corrected chi connectivity index (χ4v) is 5.54. The molecule has 2 N–H and O–H groups in total. The Hall–Kier alpha value is -3.04. The van der Waals surface area contributed by atoms with Crippen molar-refractivity contribution in [3.63, 3.8) is 0 Å². The first kappa shape index (κ1) is 22.7. The largest absolute Gasteiger partial charge is 0.393 e. The molecule has 8 nitrogen and oxygen atoms in total. The first-order valence-electron chi connectivity index (χ1n) is 11.9. The molecule has 0 radical (unpaired) electrons. The van der Waals surface area contributed by atoms with Gasteiger partial charge in [0.05, 0.1) is 16.7 Å². The van der Waals surface area contributed by atoms with Gasteiger partial charge < -0.3 is 20.2 Å². The molecule has 178 valence electrons. The molecule has 0 bridgehead atoms. The summed E-state index contributed by atoms with van der Waals surface area (Å²) in [5, 5.41) is 13.9. The molecule has 34 heavy (non-hydrogen) atoms. The lowest BCUT2D eigenvalue weighted by atomic mass is 9.86. The van der Waals surface area contributed by atoms with Crippen LogP contribution in [0.4, 0.5) is 16.8 Å². The van der Waals surface area contributed by atoms with E-state index in [-0.39, 0.29) is 17.9 Å². The molecule has 0 atom stereocenters. The molecule has 4 heterocycles. The van der Waals surface area contributed by atoms with Crippen molar-refractivity contribution < 1.29 is 9.90 Å². The molecule has 2 fully saturated rings. The molecule has 0 unspecified atom stereocenters. The van der Waals surface area contributed by atoms with E-state index in [1.54, 1.807) is 17.5 Å². The molecule has 3 aromatic heterocycles. The lowest BCUT2D eigenvalue weighted by Gasteiger charge is -2.37. The summed E-state index contributed by atoms with van der Waals surface area (Å²) in [4.78, 5) is 31.9. The Morgan fingerprint density at radius 2 is 1.85 bits per heavy atom. The van der Waals surface area contributed by atoms with Crippen LogP contribution in [-0.2, 0) is 4.79 Å². The van der Waals surface area contributed by atoms with Gasteiger partial charge in [-0.15, -0.1) is 0 Å². The number of rotatable bonds is 5. The van der Waals surface area contributed by atoms with E-state index in [0.29, 0.717) is 13.1 Å². The molecular weight excluding hydrogens is 448 g/mol. The van der Waals surface area contributed by atoms with E-state index in [1.165, 1.54) is 0 Å². The van der Waals surface area contributed by atoms with E-state index < -0.39 is 0 Å². The number of nitrogens with one attached hydrogen (secondary N) is 1. The predicted molar refractivity (Wildman–Crippen MR) is 134 cm³/mol. The van der Waals surface area contributed by atoms with Crippen molar-refractivity contribution in [1.82, 2.24) is 19.9 Å². The van der Waals surface area contributed by atoms with Crippen LogP contribution in [0.15, 0.2) is 42.7 Å². The second kappa shape index (κ2) is 10.1. The molecule has 9 heteroatoms. The number of aromatic nitrogens is 3. The SMILES string of the molecule is Cc1ccnc(Nc2cccc(-c3cnc(N4CCN(C(=O)C5CCC(O)CC5)CC4)s3)n2)c1. The number of thiazole rings is 1. The van der Waals surface area contributed by atoms with Crippen LogP contribution in [0.1, 0.15) is 31.2 Å². The minimum Gasteiger partial charge on any atom is -0.393 e. The highest BCUT2D eigenvalue weighted by molar-refractivity contribution is 7.18. The predicted octanol–water partition coefficient (Wildman–Crippen LogP) is 3.85. The van der Waals surface area contributed by atoms with Gasteiger partial charge in [0.2, 0.25) is 5.91 Å². The number of aryl methyl sites for hydroxylation is 1. The molecule has 1 aliphatic carbocycles. The summed E-state index contributed by atoms with van der Waals surface area (Å²) < 4.78 is 0. The van der Waals surface area contributed by atoms with Gasteiger partial charge >= 0.3 is 0 Å². The van der Waals surface area contributed by atoms with Crippen LogP contribution < -0.4 is 10.2 Å². The zero-order valence-corrected chi connectivity index (χ0v) is 20.2. The fraction of sp³-hybridized carbons (Fsp3) is 0.440. The maximum atomic E-state index is 12.9. The Morgan fingerprint density at radius 1 is 1.06 bits per heavy atom. The Bertz CT molecular complexity index is 1140. The van der Waals surface area contributed by atoms with Gasteiger partial charge in [0, 0.05) is 44.5 Å². The third-order valence-corrected chi connectivity index (χ3v) is 7.66. The van der Waals surface area contributed by atoms with E-state index in [9.17, 15) is 9.90 Å². The van der Waals surface area contributed by atoms with Crippen LogP contribution in [0.25, 0.3) is 10.6 Å². The minimum atomic E-state index is -0.231. The second-order valence-electron chi connectivity index (χ2n) is 9.08. The average Bonchev–Trinajstić information content (AvgIpc) is 3.35.